The van der Waals surface area contributed by atoms with Crippen LogP contribution in [0.25, 0.3) is 0 Å². The Kier molecular flexibility index (Phi) is 75.0. The molecule has 0 heterocycles. The fourth-order valence-corrected chi connectivity index (χ4v) is 0. The van der Waals surface area contributed by atoms with Gasteiger partial charge >= 0.3 is 0 Å². The molecule has 0 spiro atoms. The average molecular weight is 604 g/mol. The molecule has 0 amide bonds. The third-order valence-electron chi connectivity index (χ3n) is 0.385. The Hall–Kier alpha value is -3.05. The van der Waals surface area contributed by atoms with Crippen molar-refractivity contribution in [3.63, 3.8) is 0 Å². The Labute approximate surface area is 211 Å². The molecule has 0 bridgehead atoms. The van der Waals surface area contributed by atoms with Gasteiger partial charge in [-0.3, -0.25) is 24.0 Å². The minimum absolute atomic E-state index is 0. The largest absolute Gasteiger partial charge is 0.481 e. The maximum absolute atomic E-state index is 9.00. The summed E-state index contributed by atoms with van der Waals surface area (Å²) in [5.74, 6) is -3.85. The normalized spacial score (nSPS) is 6.10. The van der Waals surface area contributed by atoms with E-state index in [-0.39, 0.29) is 51.6 Å². The van der Waals surface area contributed by atoms with Gasteiger partial charge in [-0.05, 0) is 0 Å². The van der Waals surface area contributed by atoms with Gasteiger partial charge in [0, 0.05) is 87.0 Å². The minimum atomic E-state index is -0.833. The van der Waals surface area contributed by atoms with Crippen LogP contribution in [0.4, 0.5) is 0 Å². The number of rotatable bonds is 0. The van der Waals surface area contributed by atoms with Gasteiger partial charge in [0.1, 0.15) is 11.6 Å². The van der Waals surface area contributed by atoms with Crippen LogP contribution in [0, 0.1) is 39.9 Å². The predicted molar refractivity (Wildman–Crippen MR) is 108 cm³/mol. The maximum Gasteiger partial charge on any atom is 0.300 e. The molecule has 0 aromatic heterocycles. The molecule has 0 aliphatic rings. The van der Waals surface area contributed by atoms with E-state index < -0.39 is 29.8 Å². The summed E-state index contributed by atoms with van der Waals surface area (Å²) in [5, 5.41) is 37.1. The quantitative estimate of drug-likeness (QED) is 0.139. The van der Waals surface area contributed by atoms with Gasteiger partial charge in [0.05, 0.1) is 0 Å². The van der Waals surface area contributed by atoms with Crippen LogP contribution in [0.3, 0.4) is 0 Å². The molecule has 0 aromatic carbocycles. The van der Waals surface area contributed by atoms with E-state index >= 15 is 0 Å². The Bertz CT molecular complexity index is 414. The number of hydrogen-bond donors (Lipinski definition) is 11. The first-order chi connectivity index (χ1) is 13.2. The van der Waals surface area contributed by atoms with Gasteiger partial charge in [-0.15, -0.1) is 0 Å². The van der Waals surface area contributed by atoms with Crippen LogP contribution < -0.4 is 34.4 Å². The zero-order valence-corrected chi connectivity index (χ0v) is 20.0. The van der Waals surface area contributed by atoms with E-state index in [4.69, 9.17) is 83.9 Å². The number of carboxylic acid groups (broad SMARTS) is 5. The summed E-state index contributed by atoms with van der Waals surface area (Å²) in [4.78, 5) is 45.0. The van der Waals surface area contributed by atoms with E-state index in [0.717, 1.165) is 47.0 Å². The van der Waals surface area contributed by atoms with Gasteiger partial charge < -0.3 is 59.9 Å². The maximum atomic E-state index is 9.00. The van der Waals surface area contributed by atoms with Crippen molar-refractivity contribution in [3.8, 4) is 0 Å². The minimum Gasteiger partial charge on any atom is -0.481 e. The Morgan fingerprint density at radius 2 is 0.516 bits per heavy atom. The van der Waals surface area contributed by atoms with Gasteiger partial charge in [0.25, 0.3) is 29.8 Å². The molecule has 0 aliphatic heterocycles. The summed E-state index contributed by atoms with van der Waals surface area (Å²) >= 11 is 0. The van der Waals surface area contributed by atoms with Crippen molar-refractivity contribution in [2.24, 2.45) is 34.4 Å². The molecular formula is C14H34GdN6O10. The molecule has 0 radical (unpaired) electrons. The average Bonchev–Trinajstić information content (AvgIpc) is 2.44. The van der Waals surface area contributed by atoms with Crippen molar-refractivity contribution in [3.05, 3.63) is 24.0 Å². The SMILES string of the molecule is CC(=O)O.CC(=O)O.CC(=O)O.CC(=O)O.CC(=O)O.NC=C(N)N.NC=C(N)N.[Gd]. The van der Waals surface area contributed by atoms with Crippen LogP contribution in [0.2, 0.25) is 0 Å². The van der Waals surface area contributed by atoms with Crippen LogP contribution in [-0.2, 0) is 24.0 Å². The van der Waals surface area contributed by atoms with Crippen LogP contribution in [0.1, 0.15) is 34.6 Å². The second-order valence-corrected chi connectivity index (χ2v) is 3.93. The first kappa shape index (κ1) is 51.0. The number of carboxylic acids is 5. The summed E-state index contributed by atoms with van der Waals surface area (Å²) in [5.41, 5.74) is 28.7. The van der Waals surface area contributed by atoms with Gasteiger partial charge in [-0.25, -0.2) is 0 Å². The number of aliphatic carboxylic acids is 5. The smallest absolute Gasteiger partial charge is 0.300 e. The fourth-order valence-electron chi connectivity index (χ4n) is 0. The van der Waals surface area contributed by atoms with Crippen molar-refractivity contribution in [2.45, 2.75) is 34.6 Å². The van der Waals surface area contributed by atoms with Crippen LogP contribution in [-0.4, -0.2) is 55.4 Å². The molecule has 0 fully saturated rings. The molecule has 0 saturated carbocycles. The summed E-state index contributed by atoms with van der Waals surface area (Å²) in [6.07, 6.45) is 2.28. The van der Waals surface area contributed by atoms with E-state index in [0.29, 0.717) is 0 Å². The van der Waals surface area contributed by atoms with Crippen LogP contribution >= 0.6 is 0 Å². The van der Waals surface area contributed by atoms with Gasteiger partial charge in [0.2, 0.25) is 0 Å². The van der Waals surface area contributed by atoms with Crippen molar-refractivity contribution < 1.29 is 89.4 Å². The van der Waals surface area contributed by atoms with Crippen molar-refractivity contribution in [1.82, 2.24) is 0 Å². The molecule has 17 N–H and O–H groups in total. The zero-order chi connectivity index (χ0) is 26.5. The summed E-state index contributed by atoms with van der Waals surface area (Å²) in [7, 11) is 0. The standard InChI is InChI=1S/2C2H7N3.5C2H4O2.Gd/c2*3-1-2(4)5;5*1-2(3)4;/h2*1H,3-5H2;5*1H3,(H,3,4);. The Morgan fingerprint density at radius 1 is 0.484 bits per heavy atom. The molecule has 0 aliphatic carbocycles. The van der Waals surface area contributed by atoms with Crippen LogP contribution in [0.5, 0.6) is 0 Å². The Morgan fingerprint density at radius 3 is 0.516 bits per heavy atom. The molecule has 0 aromatic rings. The first-order valence-electron chi connectivity index (χ1n) is 7.04. The first-order valence-corrected chi connectivity index (χ1v) is 7.04. The molecular weight excluding hydrogens is 569 g/mol. The molecule has 16 nitrogen and oxygen atoms in total. The summed E-state index contributed by atoms with van der Waals surface area (Å²) in [6.45, 7) is 5.42. The van der Waals surface area contributed by atoms with E-state index in [1.165, 1.54) is 0 Å². The van der Waals surface area contributed by atoms with Gasteiger partial charge in [-0.1, -0.05) is 0 Å². The summed E-state index contributed by atoms with van der Waals surface area (Å²) in [6, 6.07) is 0. The number of hydrogen-bond acceptors (Lipinski definition) is 11. The molecule has 188 valence electrons. The number of carbonyl (C=O) groups is 5. The second-order valence-electron chi connectivity index (χ2n) is 3.93. The molecule has 31 heavy (non-hydrogen) atoms. The van der Waals surface area contributed by atoms with Gasteiger partial charge in [0.15, 0.2) is 0 Å². The third-order valence-corrected chi connectivity index (χ3v) is 0.385. The molecule has 17 heteroatoms. The zero-order valence-electron chi connectivity index (χ0n) is 17.7. The summed E-state index contributed by atoms with van der Waals surface area (Å²) < 4.78 is 0. The van der Waals surface area contributed by atoms with Crippen molar-refractivity contribution in [1.29, 1.82) is 0 Å². The topological polar surface area (TPSA) is 343 Å². The third kappa shape index (κ3) is 18400. The predicted octanol–water partition coefficient (Wildman–Crippen LogP) is -2.22. The molecule has 0 atom stereocenters. The van der Waals surface area contributed by atoms with E-state index in [2.05, 4.69) is 0 Å². The van der Waals surface area contributed by atoms with Gasteiger partial charge in [-0.2, -0.15) is 0 Å². The van der Waals surface area contributed by atoms with Crippen molar-refractivity contribution in [2.75, 3.05) is 0 Å². The second kappa shape index (κ2) is 45.6. The van der Waals surface area contributed by atoms with Crippen molar-refractivity contribution >= 4 is 29.8 Å². The molecule has 0 saturated heterocycles. The number of nitrogens with two attached hydrogens (primary N) is 6. The molecule has 0 rings (SSSR count). The van der Waals surface area contributed by atoms with Crippen LogP contribution in [0.15, 0.2) is 24.0 Å². The molecule has 0 unspecified atom stereocenters. The fraction of sp³-hybridized carbons (Fsp3) is 0.357. The van der Waals surface area contributed by atoms with E-state index in [1.807, 2.05) is 0 Å². The Balaban J connectivity index is -0.0000000331. The van der Waals surface area contributed by atoms with E-state index in [1.54, 1.807) is 0 Å². The van der Waals surface area contributed by atoms with E-state index in [9.17, 15) is 0 Å². The monoisotopic (exact) mass is 604 g/mol.